The second-order valence-corrected chi connectivity index (χ2v) is 9.14. The number of imide groups is 1. The number of amides is 2. The SMILES string of the molecule is O=C1[C@@H]2[C@H](C(=O)N1c1ccccc1)[C@H]1CCCN1[C@@H]2C(c1ccccc1)c1ccccc1. The maximum Gasteiger partial charge on any atom is 0.239 e. The van der Waals surface area contributed by atoms with Crippen molar-refractivity contribution in [3.8, 4) is 0 Å². The van der Waals surface area contributed by atoms with Crippen molar-refractivity contribution in [3.63, 3.8) is 0 Å². The van der Waals surface area contributed by atoms with Crippen LogP contribution in [0.3, 0.4) is 0 Å². The minimum atomic E-state index is -0.321. The van der Waals surface area contributed by atoms with Crippen molar-refractivity contribution in [1.29, 1.82) is 0 Å². The van der Waals surface area contributed by atoms with Gasteiger partial charge in [0, 0.05) is 18.0 Å². The Hall–Kier alpha value is -3.24. The van der Waals surface area contributed by atoms with Crippen LogP contribution >= 0.6 is 0 Å². The summed E-state index contributed by atoms with van der Waals surface area (Å²) in [6.45, 7) is 0.949. The summed E-state index contributed by atoms with van der Waals surface area (Å²) < 4.78 is 0. The summed E-state index contributed by atoms with van der Waals surface area (Å²) in [4.78, 5) is 31.5. The van der Waals surface area contributed by atoms with Crippen molar-refractivity contribution in [3.05, 3.63) is 102 Å². The first kappa shape index (κ1) is 19.4. The molecule has 3 aromatic rings. The predicted molar refractivity (Wildman–Crippen MR) is 124 cm³/mol. The fourth-order valence-electron chi connectivity index (χ4n) is 6.39. The molecule has 4 atom stereocenters. The lowest BCUT2D eigenvalue weighted by molar-refractivity contribution is -0.123. The summed E-state index contributed by atoms with van der Waals surface area (Å²) in [6.07, 6.45) is 2.06. The van der Waals surface area contributed by atoms with Crippen LogP contribution in [0.25, 0.3) is 0 Å². The third-order valence-electron chi connectivity index (χ3n) is 7.58. The van der Waals surface area contributed by atoms with Crippen molar-refractivity contribution in [2.75, 3.05) is 11.4 Å². The normalized spacial score (nSPS) is 27.2. The first-order chi connectivity index (χ1) is 15.8. The molecule has 3 heterocycles. The van der Waals surface area contributed by atoms with E-state index in [4.69, 9.17) is 0 Å². The molecular formula is C28H26N2O2. The van der Waals surface area contributed by atoms with Crippen LogP contribution in [0.1, 0.15) is 29.9 Å². The molecule has 3 aliphatic rings. The van der Waals surface area contributed by atoms with Gasteiger partial charge in [0.05, 0.1) is 17.5 Å². The lowest BCUT2D eigenvalue weighted by Crippen LogP contribution is -2.45. The van der Waals surface area contributed by atoms with Crippen molar-refractivity contribution in [2.24, 2.45) is 11.8 Å². The number of rotatable bonds is 4. The van der Waals surface area contributed by atoms with Crippen molar-refractivity contribution in [2.45, 2.75) is 30.8 Å². The molecule has 3 fully saturated rings. The van der Waals surface area contributed by atoms with Crippen LogP contribution < -0.4 is 4.90 Å². The zero-order valence-electron chi connectivity index (χ0n) is 17.9. The van der Waals surface area contributed by atoms with Crippen molar-refractivity contribution in [1.82, 2.24) is 4.90 Å². The highest BCUT2D eigenvalue weighted by Gasteiger charge is 2.64. The Morgan fingerprint density at radius 3 is 1.81 bits per heavy atom. The summed E-state index contributed by atoms with van der Waals surface area (Å²) in [6, 6.07) is 30.5. The Kier molecular flexibility index (Phi) is 4.69. The number of hydrogen-bond donors (Lipinski definition) is 0. The monoisotopic (exact) mass is 422 g/mol. The molecule has 3 aromatic carbocycles. The number of para-hydroxylation sites is 1. The van der Waals surface area contributed by atoms with E-state index < -0.39 is 0 Å². The van der Waals surface area contributed by atoms with E-state index in [-0.39, 0.29) is 41.7 Å². The van der Waals surface area contributed by atoms with E-state index >= 15 is 0 Å². The average molecular weight is 423 g/mol. The number of nitrogens with zero attached hydrogens (tertiary/aromatic N) is 2. The lowest BCUT2D eigenvalue weighted by atomic mass is 9.77. The van der Waals surface area contributed by atoms with Gasteiger partial charge in [-0.25, -0.2) is 4.90 Å². The zero-order chi connectivity index (χ0) is 21.7. The van der Waals surface area contributed by atoms with Crippen LogP contribution in [0.4, 0.5) is 5.69 Å². The molecule has 0 N–H and O–H groups in total. The van der Waals surface area contributed by atoms with Gasteiger partial charge in [-0.2, -0.15) is 0 Å². The fourth-order valence-corrected chi connectivity index (χ4v) is 6.39. The Morgan fingerprint density at radius 2 is 1.22 bits per heavy atom. The molecule has 32 heavy (non-hydrogen) atoms. The second kappa shape index (κ2) is 7.72. The minimum absolute atomic E-state index is 0.0227. The van der Waals surface area contributed by atoms with Crippen LogP contribution in [-0.2, 0) is 9.59 Å². The number of fused-ring (bicyclic) bond motifs is 3. The number of carbonyl (C=O) groups is 2. The largest absolute Gasteiger partial charge is 0.295 e. The maximum atomic E-state index is 13.9. The molecule has 4 heteroatoms. The molecule has 0 radical (unpaired) electrons. The highest BCUT2D eigenvalue weighted by molar-refractivity contribution is 6.23. The number of anilines is 1. The van der Waals surface area contributed by atoms with Gasteiger partial charge in [-0.1, -0.05) is 78.9 Å². The molecule has 0 unspecified atom stereocenters. The number of benzene rings is 3. The van der Waals surface area contributed by atoms with E-state index in [1.807, 2.05) is 42.5 Å². The summed E-state index contributed by atoms with van der Waals surface area (Å²) >= 11 is 0. The first-order valence-electron chi connectivity index (χ1n) is 11.5. The second-order valence-electron chi connectivity index (χ2n) is 9.14. The molecule has 160 valence electrons. The molecular weight excluding hydrogens is 396 g/mol. The van der Waals surface area contributed by atoms with Gasteiger partial charge < -0.3 is 0 Å². The molecule has 0 saturated carbocycles. The zero-order valence-corrected chi connectivity index (χ0v) is 17.9. The van der Waals surface area contributed by atoms with E-state index in [0.29, 0.717) is 5.69 Å². The van der Waals surface area contributed by atoms with Gasteiger partial charge in [0.25, 0.3) is 0 Å². The lowest BCUT2D eigenvalue weighted by Gasteiger charge is -2.35. The van der Waals surface area contributed by atoms with E-state index in [1.54, 1.807) is 0 Å². The van der Waals surface area contributed by atoms with Gasteiger partial charge in [0.2, 0.25) is 11.8 Å². The molecule has 3 saturated heterocycles. The maximum absolute atomic E-state index is 13.9. The topological polar surface area (TPSA) is 40.6 Å². The van der Waals surface area contributed by atoms with Crippen molar-refractivity contribution < 1.29 is 9.59 Å². The quantitative estimate of drug-likeness (QED) is 0.583. The third-order valence-corrected chi connectivity index (χ3v) is 7.58. The number of carbonyl (C=O) groups excluding carboxylic acids is 2. The smallest absolute Gasteiger partial charge is 0.239 e. The molecule has 3 aliphatic heterocycles. The van der Waals surface area contributed by atoms with Gasteiger partial charge in [-0.3, -0.25) is 14.5 Å². The Balaban J connectivity index is 1.49. The summed E-state index contributed by atoms with van der Waals surface area (Å²) in [5.41, 5.74) is 3.10. The Bertz CT molecular complexity index is 1090. The van der Waals surface area contributed by atoms with Gasteiger partial charge in [-0.15, -0.1) is 0 Å². The van der Waals surface area contributed by atoms with Crippen LogP contribution in [0.2, 0.25) is 0 Å². The highest BCUT2D eigenvalue weighted by atomic mass is 16.2. The number of hydrogen-bond acceptors (Lipinski definition) is 3. The van der Waals surface area contributed by atoms with Crippen molar-refractivity contribution >= 4 is 17.5 Å². The minimum Gasteiger partial charge on any atom is -0.295 e. The molecule has 4 nitrogen and oxygen atoms in total. The van der Waals surface area contributed by atoms with E-state index in [0.717, 1.165) is 19.4 Å². The molecule has 0 bridgehead atoms. The molecule has 2 amide bonds. The summed E-state index contributed by atoms with van der Waals surface area (Å²) in [5, 5.41) is 0. The molecule has 6 rings (SSSR count). The summed E-state index contributed by atoms with van der Waals surface area (Å²) in [7, 11) is 0. The van der Waals surface area contributed by atoms with E-state index in [1.165, 1.54) is 16.0 Å². The molecule has 0 aliphatic carbocycles. The third kappa shape index (κ3) is 2.86. The Morgan fingerprint density at radius 1 is 0.688 bits per heavy atom. The van der Waals surface area contributed by atoms with Gasteiger partial charge in [0.15, 0.2) is 0 Å². The van der Waals surface area contributed by atoms with Crippen LogP contribution in [0.5, 0.6) is 0 Å². The first-order valence-corrected chi connectivity index (χ1v) is 11.5. The molecule has 0 spiro atoms. The highest BCUT2D eigenvalue weighted by Crippen LogP contribution is 2.52. The average Bonchev–Trinajstić information content (AvgIpc) is 3.49. The summed E-state index contributed by atoms with van der Waals surface area (Å²) in [5.74, 6) is -0.600. The van der Waals surface area contributed by atoms with Crippen LogP contribution in [-0.4, -0.2) is 35.3 Å². The fraction of sp³-hybridized carbons (Fsp3) is 0.286. The van der Waals surface area contributed by atoms with Gasteiger partial charge in [-0.05, 0) is 42.6 Å². The van der Waals surface area contributed by atoms with Crippen LogP contribution in [0.15, 0.2) is 91.0 Å². The Labute approximate surface area is 188 Å². The standard InChI is InChI=1S/C28H26N2O2/c31-27-24-22-17-10-18-29(22)26(25(24)28(32)30(27)21-15-8-3-9-16-21)23(19-11-4-1-5-12-19)20-13-6-2-7-14-20/h1-9,11-16,22-26H,10,17-18H2/t22-,24-,25-,26-/m1/s1. The predicted octanol–water partition coefficient (Wildman–Crippen LogP) is 4.47. The van der Waals surface area contributed by atoms with Crippen LogP contribution in [0, 0.1) is 11.8 Å². The molecule has 0 aromatic heterocycles. The van der Waals surface area contributed by atoms with Gasteiger partial charge in [0.1, 0.15) is 0 Å². The van der Waals surface area contributed by atoms with E-state index in [9.17, 15) is 9.59 Å². The van der Waals surface area contributed by atoms with Gasteiger partial charge >= 0.3 is 0 Å². The van der Waals surface area contributed by atoms with E-state index in [2.05, 4.69) is 53.4 Å².